The Bertz CT molecular complexity index is 838. The second-order valence-electron chi connectivity index (χ2n) is 5.31. The Morgan fingerprint density at radius 1 is 1.32 bits per heavy atom. The number of oxazole rings is 1. The van der Waals surface area contributed by atoms with Crippen molar-refractivity contribution in [2.75, 3.05) is 5.73 Å². The molecule has 4 N–H and O–H groups in total. The van der Waals surface area contributed by atoms with Crippen LogP contribution in [-0.2, 0) is 10.3 Å². The van der Waals surface area contributed by atoms with Gasteiger partial charge in [0.1, 0.15) is 11.8 Å². The van der Waals surface area contributed by atoms with Gasteiger partial charge < -0.3 is 20.7 Å². The van der Waals surface area contributed by atoms with Gasteiger partial charge in [-0.1, -0.05) is 23.7 Å². The largest absolute Gasteiger partial charge is 0.436 e. The molecule has 0 amide bonds. The van der Waals surface area contributed by atoms with Crippen molar-refractivity contribution in [3.63, 3.8) is 0 Å². The predicted octanol–water partition coefficient (Wildman–Crippen LogP) is 3.10. The van der Waals surface area contributed by atoms with Crippen molar-refractivity contribution in [1.82, 2.24) is 4.98 Å². The molecule has 0 aliphatic carbocycles. The van der Waals surface area contributed by atoms with Gasteiger partial charge in [-0.05, 0) is 36.8 Å². The molecule has 0 bridgehead atoms. The zero-order valence-electron chi connectivity index (χ0n) is 11.8. The Balaban J connectivity index is 2.16. The number of carbonyl (C=O) groups is 1. The average Bonchev–Trinajstić information content (AvgIpc) is 2.92. The number of nitrogen functional groups attached to an aromatic ring is 1. The van der Waals surface area contributed by atoms with E-state index in [9.17, 15) is 4.79 Å². The maximum absolute atomic E-state index is 11.1. The summed E-state index contributed by atoms with van der Waals surface area (Å²) in [5, 5.41) is 0.337. The second-order valence-corrected chi connectivity index (χ2v) is 5.71. The van der Waals surface area contributed by atoms with E-state index in [-0.39, 0.29) is 0 Å². The van der Waals surface area contributed by atoms with E-state index in [0.29, 0.717) is 39.6 Å². The number of halogens is 1. The quantitative estimate of drug-likeness (QED) is 0.572. The van der Waals surface area contributed by atoms with E-state index in [2.05, 4.69) is 4.98 Å². The maximum atomic E-state index is 11.1. The van der Waals surface area contributed by atoms with Crippen LogP contribution in [0.15, 0.2) is 40.8 Å². The van der Waals surface area contributed by atoms with Gasteiger partial charge in [-0.3, -0.25) is 0 Å². The summed E-state index contributed by atoms with van der Waals surface area (Å²) in [4.78, 5) is 15.5. The smallest absolute Gasteiger partial charge is 0.229 e. The van der Waals surface area contributed by atoms with E-state index in [1.807, 2.05) is 24.3 Å². The topological polar surface area (TPSA) is 95.1 Å². The number of hydrogen-bond donors (Lipinski definition) is 2. The highest BCUT2D eigenvalue weighted by Crippen LogP contribution is 2.35. The van der Waals surface area contributed by atoms with Crippen LogP contribution in [0.25, 0.3) is 22.6 Å². The number of carbonyl (C=O) groups excluding carboxylic acids is 1. The number of aldehydes is 1. The number of aromatic nitrogens is 1. The van der Waals surface area contributed by atoms with Crippen LogP contribution in [0, 0.1) is 0 Å². The maximum Gasteiger partial charge on any atom is 0.229 e. The van der Waals surface area contributed by atoms with Crippen LogP contribution in [0.5, 0.6) is 0 Å². The summed E-state index contributed by atoms with van der Waals surface area (Å²) >= 11 is 6.25. The molecular weight excluding hydrogens is 302 g/mol. The van der Waals surface area contributed by atoms with Gasteiger partial charge >= 0.3 is 0 Å². The highest BCUT2D eigenvalue weighted by atomic mass is 35.5. The summed E-state index contributed by atoms with van der Waals surface area (Å²) in [6.07, 6.45) is 0.632. The Hall–Kier alpha value is -2.37. The molecule has 1 aromatic heterocycles. The number of benzene rings is 2. The third kappa shape index (κ3) is 2.34. The number of hydrogen-bond acceptors (Lipinski definition) is 5. The molecule has 112 valence electrons. The summed E-state index contributed by atoms with van der Waals surface area (Å²) in [5.41, 5.74) is 13.6. The predicted molar refractivity (Wildman–Crippen MR) is 86.5 cm³/mol. The van der Waals surface area contributed by atoms with Crippen LogP contribution in [0.3, 0.4) is 0 Å². The van der Waals surface area contributed by atoms with Crippen molar-refractivity contribution in [2.24, 2.45) is 5.73 Å². The van der Waals surface area contributed by atoms with Crippen LogP contribution in [0.2, 0.25) is 5.02 Å². The van der Waals surface area contributed by atoms with Gasteiger partial charge in [0.25, 0.3) is 0 Å². The van der Waals surface area contributed by atoms with Crippen molar-refractivity contribution in [1.29, 1.82) is 0 Å². The lowest BCUT2D eigenvalue weighted by Gasteiger charge is -2.20. The van der Waals surface area contributed by atoms with E-state index in [1.54, 1.807) is 19.1 Å². The van der Waals surface area contributed by atoms with Gasteiger partial charge in [-0.25, -0.2) is 4.98 Å². The van der Waals surface area contributed by atoms with Crippen LogP contribution in [0.1, 0.15) is 12.5 Å². The van der Waals surface area contributed by atoms with Gasteiger partial charge in [0.2, 0.25) is 5.89 Å². The van der Waals surface area contributed by atoms with Crippen LogP contribution < -0.4 is 11.5 Å². The molecule has 0 aliphatic rings. The molecule has 1 atom stereocenters. The zero-order valence-corrected chi connectivity index (χ0v) is 12.6. The minimum atomic E-state index is -1.20. The summed E-state index contributed by atoms with van der Waals surface area (Å²) in [5.74, 6) is 0.372. The van der Waals surface area contributed by atoms with Crippen molar-refractivity contribution in [2.45, 2.75) is 12.5 Å². The average molecular weight is 316 g/mol. The summed E-state index contributed by atoms with van der Waals surface area (Å²) in [7, 11) is 0. The van der Waals surface area contributed by atoms with Crippen LogP contribution in [-0.4, -0.2) is 11.3 Å². The monoisotopic (exact) mass is 315 g/mol. The zero-order chi connectivity index (χ0) is 15.9. The number of fused-ring (bicyclic) bond motifs is 1. The minimum absolute atomic E-state index is 0.337. The standard InChI is InChI=1S/C16H14ClN3O2/c1-16(19,8-21)10-7-12(18)9(6-11(10)17)15-20-13-4-2-3-5-14(13)22-15/h2-8H,18-19H2,1H3/t16-/m1/s1. The fourth-order valence-electron chi connectivity index (χ4n) is 2.24. The molecular formula is C16H14ClN3O2. The first-order chi connectivity index (χ1) is 10.4. The van der Waals surface area contributed by atoms with E-state index in [4.69, 9.17) is 27.5 Å². The molecule has 0 saturated carbocycles. The molecule has 0 unspecified atom stereocenters. The van der Waals surface area contributed by atoms with E-state index in [1.165, 1.54) is 0 Å². The van der Waals surface area contributed by atoms with Crippen molar-refractivity contribution >= 4 is 34.7 Å². The molecule has 0 spiro atoms. The number of nitrogens with two attached hydrogens (primary N) is 2. The molecule has 0 fully saturated rings. The summed E-state index contributed by atoms with van der Waals surface area (Å²) in [6, 6.07) is 10.6. The van der Waals surface area contributed by atoms with E-state index >= 15 is 0 Å². The van der Waals surface area contributed by atoms with Gasteiger partial charge in [0, 0.05) is 10.7 Å². The molecule has 5 nitrogen and oxygen atoms in total. The molecule has 22 heavy (non-hydrogen) atoms. The fourth-order valence-corrected chi connectivity index (χ4v) is 2.61. The first kappa shape index (κ1) is 14.6. The highest BCUT2D eigenvalue weighted by molar-refractivity contribution is 6.32. The van der Waals surface area contributed by atoms with Crippen LogP contribution in [0.4, 0.5) is 5.69 Å². The Kier molecular flexibility index (Phi) is 3.39. The lowest BCUT2D eigenvalue weighted by atomic mass is 9.93. The Morgan fingerprint density at radius 3 is 2.73 bits per heavy atom. The molecule has 0 radical (unpaired) electrons. The number of nitrogens with zero attached hydrogens (tertiary/aromatic N) is 1. The third-order valence-corrected chi connectivity index (χ3v) is 3.80. The van der Waals surface area contributed by atoms with Crippen molar-refractivity contribution < 1.29 is 9.21 Å². The molecule has 3 rings (SSSR count). The molecule has 0 saturated heterocycles. The molecule has 3 aromatic rings. The highest BCUT2D eigenvalue weighted by Gasteiger charge is 2.25. The SMILES string of the molecule is C[C@@](N)(C=O)c1cc(N)c(-c2nc3ccccc3o2)cc1Cl. The lowest BCUT2D eigenvalue weighted by Crippen LogP contribution is -2.35. The second kappa shape index (κ2) is 5.12. The normalized spacial score (nSPS) is 14.0. The first-order valence-corrected chi connectivity index (χ1v) is 7.01. The fraction of sp³-hybridized carbons (Fsp3) is 0.125. The van der Waals surface area contributed by atoms with E-state index < -0.39 is 5.54 Å². The van der Waals surface area contributed by atoms with Gasteiger partial charge in [-0.2, -0.15) is 0 Å². The summed E-state index contributed by atoms with van der Waals surface area (Å²) in [6.45, 7) is 1.57. The molecule has 6 heteroatoms. The van der Waals surface area contributed by atoms with Crippen molar-refractivity contribution in [3.05, 3.63) is 47.0 Å². The molecule has 0 aliphatic heterocycles. The van der Waals surface area contributed by atoms with Crippen molar-refractivity contribution in [3.8, 4) is 11.5 Å². The third-order valence-electron chi connectivity index (χ3n) is 3.49. The number of rotatable bonds is 3. The lowest BCUT2D eigenvalue weighted by molar-refractivity contribution is -0.112. The molecule has 2 aromatic carbocycles. The Labute approximate surface area is 131 Å². The van der Waals surface area contributed by atoms with Gasteiger partial charge in [0.05, 0.1) is 11.1 Å². The minimum Gasteiger partial charge on any atom is -0.436 e. The number of para-hydroxylation sites is 2. The number of anilines is 1. The van der Waals surface area contributed by atoms with Gasteiger partial charge in [0.15, 0.2) is 5.58 Å². The summed E-state index contributed by atoms with van der Waals surface area (Å²) < 4.78 is 5.69. The van der Waals surface area contributed by atoms with E-state index in [0.717, 1.165) is 5.52 Å². The first-order valence-electron chi connectivity index (χ1n) is 6.63. The van der Waals surface area contributed by atoms with Crippen LogP contribution >= 0.6 is 11.6 Å². The van der Waals surface area contributed by atoms with Gasteiger partial charge in [-0.15, -0.1) is 0 Å². The Morgan fingerprint density at radius 2 is 2.05 bits per heavy atom. The molecule has 1 heterocycles.